The van der Waals surface area contributed by atoms with Gasteiger partial charge in [-0.1, -0.05) is 55.5 Å². The lowest BCUT2D eigenvalue weighted by atomic mass is 9.80. The first-order valence-electron chi connectivity index (χ1n) is 6.22. The van der Waals surface area contributed by atoms with Gasteiger partial charge in [0.1, 0.15) is 0 Å². The summed E-state index contributed by atoms with van der Waals surface area (Å²) in [5.74, 6) is -0.00345. The van der Waals surface area contributed by atoms with Crippen molar-refractivity contribution >= 4 is 7.85 Å². The average molecular weight is 238 g/mol. The highest BCUT2D eigenvalue weighted by Crippen LogP contribution is 2.67. The zero-order valence-corrected chi connectivity index (χ0v) is 11.1. The smallest absolute Gasteiger partial charge is 0.0924 e. The topological polar surface area (TPSA) is 9.23 Å². The van der Waals surface area contributed by atoms with Crippen molar-refractivity contribution < 1.29 is 4.74 Å². The van der Waals surface area contributed by atoms with Crippen molar-refractivity contribution in [1.29, 1.82) is 0 Å². The minimum Gasteiger partial charge on any atom is -0.366 e. The second kappa shape index (κ2) is 4.44. The molecule has 2 unspecified atom stereocenters. The van der Waals surface area contributed by atoms with Crippen molar-refractivity contribution in [2.45, 2.75) is 31.9 Å². The lowest BCUT2D eigenvalue weighted by Gasteiger charge is -2.34. The van der Waals surface area contributed by atoms with Crippen LogP contribution in [0, 0.1) is 5.41 Å². The molecule has 0 aromatic heterocycles. The molecule has 0 spiro atoms. The summed E-state index contributed by atoms with van der Waals surface area (Å²) < 4.78 is 6.07. The minimum absolute atomic E-state index is 0.00345. The van der Waals surface area contributed by atoms with Gasteiger partial charge < -0.3 is 4.74 Å². The third kappa shape index (κ3) is 1.85. The number of ether oxygens (including phenoxy) is 1. The van der Waals surface area contributed by atoms with Crippen LogP contribution in [0.25, 0.3) is 0 Å². The first kappa shape index (κ1) is 13.2. The largest absolute Gasteiger partial charge is 0.366 e. The summed E-state index contributed by atoms with van der Waals surface area (Å²) in [4.78, 5) is 0. The van der Waals surface area contributed by atoms with E-state index in [4.69, 9.17) is 12.6 Å². The van der Waals surface area contributed by atoms with Gasteiger partial charge in [0.2, 0.25) is 0 Å². The maximum atomic E-state index is 6.07. The van der Waals surface area contributed by atoms with Crippen molar-refractivity contribution in [1.82, 2.24) is 0 Å². The van der Waals surface area contributed by atoms with Gasteiger partial charge in [-0.15, -0.1) is 6.58 Å². The molecule has 0 heterocycles. The Hall–Kier alpha value is -1.28. The summed E-state index contributed by atoms with van der Waals surface area (Å²) >= 11 is 0. The Labute approximate surface area is 111 Å². The second-order valence-electron chi connectivity index (χ2n) is 5.29. The van der Waals surface area contributed by atoms with Crippen LogP contribution in [-0.2, 0) is 11.3 Å². The Bertz CT molecular complexity index is 467. The maximum absolute atomic E-state index is 6.07. The Morgan fingerprint density at radius 3 is 2.44 bits per heavy atom. The molecule has 1 fully saturated rings. The SMILES string of the molecule is [B]C1C(=C)[C@@]1(C)C(C)(C=C)OCc1ccccc1. The molecular formula is C16H19BO. The van der Waals surface area contributed by atoms with Crippen LogP contribution in [0.5, 0.6) is 0 Å². The van der Waals surface area contributed by atoms with Crippen molar-refractivity contribution in [3.63, 3.8) is 0 Å². The molecular weight excluding hydrogens is 219 g/mol. The fourth-order valence-electron chi connectivity index (χ4n) is 2.40. The molecule has 2 rings (SSSR count). The van der Waals surface area contributed by atoms with E-state index in [9.17, 15) is 0 Å². The highest BCUT2D eigenvalue weighted by molar-refractivity contribution is 6.18. The van der Waals surface area contributed by atoms with E-state index in [1.165, 1.54) is 0 Å². The summed E-state index contributed by atoms with van der Waals surface area (Å²) in [5, 5.41) is 0. The molecule has 0 bridgehead atoms. The van der Waals surface area contributed by atoms with Crippen LogP contribution in [0.3, 0.4) is 0 Å². The zero-order chi connectivity index (χ0) is 13.4. The Kier molecular flexibility index (Phi) is 3.24. The molecule has 0 aliphatic heterocycles. The number of hydrogen-bond donors (Lipinski definition) is 0. The Balaban J connectivity index is 2.11. The van der Waals surface area contributed by atoms with Gasteiger partial charge in [0, 0.05) is 5.41 Å². The van der Waals surface area contributed by atoms with E-state index in [1.807, 2.05) is 43.3 Å². The lowest BCUT2D eigenvalue weighted by molar-refractivity contribution is -0.0483. The van der Waals surface area contributed by atoms with Crippen molar-refractivity contribution in [2.24, 2.45) is 5.41 Å². The molecule has 2 radical (unpaired) electrons. The van der Waals surface area contributed by atoms with Crippen LogP contribution >= 0.6 is 0 Å². The molecule has 1 aromatic carbocycles. The molecule has 1 saturated carbocycles. The number of rotatable bonds is 5. The summed E-state index contributed by atoms with van der Waals surface area (Å²) in [6.45, 7) is 12.6. The average Bonchev–Trinajstić information content (AvgIpc) is 2.90. The van der Waals surface area contributed by atoms with Crippen LogP contribution in [0.15, 0.2) is 55.1 Å². The molecule has 92 valence electrons. The van der Waals surface area contributed by atoms with Gasteiger partial charge in [-0.3, -0.25) is 0 Å². The molecule has 0 N–H and O–H groups in total. The summed E-state index contributed by atoms with van der Waals surface area (Å²) in [6.07, 6.45) is 1.84. The van der Waals surface area contributed by atoms with Crippen molar-refractivity contribution in [3.8, 4) is 0 Å². The van der Waals surface area contributed by atoms with Crippen molar-refractivity contribution in [2.75, 3.05) is 0 Å². The standard InChI is InChI=1S/C16H19BO/c1-5-15(3,16(4)12(2)14(16)17)18-11-13-9-7-6-8-10-13/h5-10,14H,1-2,11H2,3-4H3/t14?,15?,16-/m1/s1. The molecule has 2 heteroatoms. The van der Waals surface area contributed by atoms with Crippen LogP contribution in [0.4, 0.5) is 0 Å². The summed E-state index contributed by atoms with van der Waals surface area (Å²) in [7, 11) is 6.05. The van der Waals surface area contributed by atoms with Gasteiger partial charge in [0.25, 0.3) is 0 Å². The van der Waals surface area contributed by atoms with Gasteiger partial charge in [-0.25, -0.2) is 0 Å². The monoisotopic (exact) mass is 238 g/mol. The van der Waals surface area contributed by atoms with E-state index in [0.717, 1.165) is 11.1 Å². The molecule has 1 aliphatic carbocycles. The molecule has 1 nitrogen and oxygen atoms in total. The predicted octanol–water partition coefficient (Wildman–Crippen LogP) is 3.68. The molecule has 1 aromatic rings. The summed E-state index contributed by atoms with van der Waals surface area (Å²) in [5.41, 5.74) is 1.51. The van der Waals surface area contributed by atoms with Gasteiger partial charge in [0.15, 0.2) is 0 Å². The van der Waals surface area contributed by atoms with Gasteiger partial charge >= 0.3 is 0 Å². The minimum atomic E-state index is -0.473. The molecule has 0 amide bonds. The quantitative estimate of drug-likeness (QED) is 0.561. The van der Waals surface area contributed by atoms with Gasteiger partial charge in [-0.05, 0) is 18.3 Å². The zero-order valence-electron chi connectivity index (χ0n) is 11.1. The first-order valence-corrected chi connectivity index (χ1v) is 6.22. The van der Waals surface area contributed by atoms with Crippen molar-refractivity contribution in [3.05, 3.63) is 60.7 Å². The highest BCUT2D eigenvalue weighted by Gasteiger charge is 2.61. The number of benzene rings is 1. The molecule has 1 aliphatic rings. The van der Waals surface area contributed by atoms with Crippen LogP contribution in [0.2, 0.25) is 5.82 Å². The van der Waals surface area contributed by atoms with E-state index >= 15 is 0 Å². The molecule has 3 atom stereocenters. The first-order chi connectivity index (χ1) is 8.45. The summed E-state index contributed by atoms with van der Waals surface area (Å²) in [6, 6.07) is 10.1. The van der Waals surface area contributed by atoms with Gasteiger partial charge in [0.05, 0.1) is 20.1 Å². The Morgan fingerprint density at radius 2 is 2.00 bits per heavy atom. The second-order valence-corrected chi connectivity index (χ2v) is 5.29. The van der Waals surface area contributed by atoms with Crippen LogP contribution < -0.4 is 0 Å². The normalized spacial score (nSPS) is 29.7. The fourth-order valence-corrected chi connectivity index (χ4v) is 2.40. The highest BCUT2D eigenvalue weighted by atomic mass is 16.5. The predicted molar refractivity (Wildman–Crippen MR) is 76.6 cm³/mol. The number of hydrogen-bond acceptors (Lipinski definition) is 1. The van der Waals surface area contributed by atoms with E-state index in [1.54, 1.807) is 0 Å². The van der Waals surface area contributed by atoms with Gasteiger partial charge in [-0.2, -0.15) is 0 Å². The fraction of sp³-hybridized carbons (Fsp3) is 0.375. The molecule has 0 saturated heterocycles. The van der Waals surface area contributed by atoms with E-state index < -0.39 is 5.60 Å². The lowest BCUT2D eigenvalue weighted by Crippen LogP contribution is -2.36. The van der Waals surface area contributed by atoms with Crippen LogP contribution in [-0.4, -0.2) is 13.4 Å². The molecule has 18 heavy (non-hydrogen) atoms. The van der Waals surface area contributed by atoms with Crippen LogP contribution in [0.1, 0.15) is 19.4 Å². The van der Waals surface area contributed by atoms with E-state index in [0.29, 0.717) is 6.61 Å². The Morgan fingerprint density at radius 1 is 1.44 bits per heavy atom. The van der Waals surface area contributed by atoms with E-state index in [2.05, 4.69) is 20.1 Å². The third-order valence-electron chi connectivity index (χ3n) is 4.38. The maximum Gasteiger partial charge on any atom is 0.0924 e. The van der Waals surface area contributed by atoms with E-state index in [-0.39, 0.29) is 11.2 Å². The third-order valence-corrected chi connectivity index (χ3v) is 4.38.